The first kappa shape index (κ1) is 51.4. The lowest BCUT2D eigenvalue weighted by atomic mass is 9.86. The maximum absolute atomic E-state index is 13.4. The summed E-state index contributed by atoms with van der Waals surface area (Å²) in [5.74, 6) is -23.1. The van der Waals surface area contributed by atoms with Crippen LogP contribution in [-0.2, 0) is 24.1 Å². The molecule has 0 radical (unpaired) electrons. The molecule has 0 amide bonds. The number of aromatic hydroxyl groups is 10. The molecule has 1 aliphatic heterocycles. The number of hydrogen-bond acceptors (Lipinski definition) is 23. The van der Waals surface area contributed by atoms with Crippen molar-refractivity contribution in [1.29, 1.82) is 0 Å². The molecule has 24 nitrogen and oxygen atoms in total. The summed E-state index contributed by atoms with van der Waals surface area (Å²) < 4.78 is 25.7. The number of carboxylic acid groups (broad SMARTS) is 1. The molecule has 1 heterocycles. The minimum absolute atomic E-state index is 0.125. The normalized spacial score (nSPS) is 14.8. The van der Waals surface area contributed by atoms with Crippen LogP contribution in [0.1, 0.15) is 94.2 Å². The molecule has 2 unspecified atom stereocenters. The van der Waals surface area contributed by atoms with Gasteiger partial charge >= 0.3 is 35.8 Å². The van der Waals surface area contributed by atoms with Gasteiger partial charge in [-0.25, -0.2) is 34.2 Å². The van der Waals surface area contributed by atoms with Crippen molar-refractivity contribution in [2.45, 2.75) is 57.0 Å². The lowest BCUT2D eigenvalue weighted by Gasteiger charge is -2.20. The highest BCUT2D eigenvalue weighted by Crippen LogP contribution is 2.44. The molecule has 6 aromatic rings. The average molecular weight is 1030 g/mol. The van der Waals surface area contributed by atoms with E-state index in [0.29, 0.717) is 61.4 Å². The van der Waals surface area contributed by atoms with Crippen LogP contribution >= 0.6 is 0 Å². The lowest BCUT2D eigenvalue weighted by molar-refractivity contribution is -0.136. The average Bonchev–Trinajstić information content (AvgIpc) is 3.86. The van der Waals surface area contributed by atoms with Gasteiger partial charge in [-0.15, -0.1) is 0 Å². The number of ether oxygens (including phenoxy) is 5. The SMILES string of the molecule is O=C(O)c1cc(O)c(O)c(OC(=O)c2cc(O)c(O)c(OC(=O)c3cc(O)c(O)c(OC(=O)c4cc(O)c(O)c(OC(=O)c5cc(O)c(O)c(OC(=O)C6CC(CCc7cccc8c7CCCC8)NN6)c5)c4)c3)c2)c1. The molecule has 75 heavy (non-hydrogen) atoms. The smallest absolute Gasteiger partial charge is 0.343 e. The largest absolute Gasteiger partial charge is 0.504 e. The first-order chi connectivity index (χ1) is 35.6. The van der Waals surface area contributed by atoms with Crippen molar-refractivity contribution in [3.63, 3.8) is 0 Å². The lowest BCUT2D eigenvalue weighted by Crippen LogP contribution is -2.39. The van der Waals surface area contributed by atoms with Gasteiger partial charge in [0.25, 0.3) is 0 Å². The molecule has 24 heteroatoms. The fraction of sp³-hybridized carbons (Fsp3) is 0.176. The molecule has 8 rings (SSSR count). The second kappa shape index (κ2) is 21.0. The van der Waals surface area contributed by atoms with Gasteiger partial charge in [0.1, 0.15) is 6.04 Å². The van der Waals surface area contributed by atoms with Gasteiger partial charge in [0.05, 0.1) is 27.8 Å². The zero-order chi connectivity index (χ0) is 54.0. The number of phenolic OH excluding ortho intramolecular Hbond substituents is 10. The van der Waals surface area contributed by atoms with Crippen LogP contribution in [0.5, 0.6) is 86.2 Å². The number of rotatable bonds is 14. The van der Waals surface area contributed by atoms with Crippen LogP contribution < -0.4 is 34.5 Å². The van der Waals surface area contributed by atoms with Crippen molar-refractivity contribution >= 4 is 35.8 Å². The third kappa shape index (κ3) is 11.1. The van der Waals surface area contributed by atoms with Crippen LogP contribution in [0.15, 0.2) is 78.9 Å². The summed E-state index contributed by atoms with van der Waals surface area (Å²) in [6.45, 7) is 0. The van der Waals surface area contributed by atoms with E-state index >= 15 is 0 Å². The van der Waals surface area contributed by atoms with Crippen molar-refractivity contribution in [2.75, 3.05) is 0 Å². The second-order valence-corrected chi connectivity index (χ2v) is 17.1. The van der Waals surface area contributed by atoms with Gasteiger partial charge in [-0.3, -0.25) is 5.43 Å². The Bertz CT molecular complexity index is 3350. The predicted molar refractivity (Wildman–Crippen MR) is 251 cm³/mol. The minimum Gasteiger partial charge on any atom is -0.504 e. The van der Waals surface area contributed by atoms with Crippen LogP contribution in [-0.4, -0.2) is 104 Å². The zero-order valence-electron chi connectivity index (χ0n) is 38.5. The van der Waals surface area contributed by atoms with E-state index in [2.05, 4.69) is 23.0 Å². The summed E-state index contributed by atoms with van der Waals surface area (Å²) in [6.07, 6.45) is 6.11. The van der Waals surface area contributed by atoms with E-state index in [1.54, 1.807) is 0 Å². The van der Waals surface area contributed by atoms with E-state index in [9.17, 15) is 84.9 Å². The van der Waals surface area contributed by atoms with Crippen molar-refractivity contribution in [2.24, 2.45) is 0 Å². The molecular formula is C51H42N2O22. The Hall–Kier alpha value is -9.94. The number of hydrazine groups is 1. The highest BCUT2D eigenvalue weighted by Gasteiger charge is 2.33. The number of benzene rings is 6. The molecule has 1 fully saturated rings. The quantitative estimate of drug-likeness (QED) is 0.0389. The Balaban J connectivity index is 0.927. The van der Waals surface area contributed by atoms with E-state index in [0.717, 1.165) is 44.2 Å². The molecule has 2 atom stereocenters. The van der Waals surface area contributed by atoms with Gasteiger partial charge in [-0.2, -0.15) is 0 Å². The fourth-order valence-corrected chi connectivity index (χ4v) is 8.15. The first-order valence-electron chi connectivity index (χ1n) is 22.4. The highest BCUT2D eigenvalue weighted by molar-refractivity contribution is 5.98. The molecule has 0 spiro atoms. The summed E-state index contributed by atoms with van der Waals surface area (Å²) in [7, 11) is 0. The Labute approximate surface area is 421 Å². The van der Waals surface area contributed by atoms with Crippen LogP contribution in [0.25, 0.3) is 0 Å². The van der Waals surface area contributed by atoms with Gasteiger partial charge < -0.3 is 79.9 Å². The number of carbonyl (C=O) groups excluding carboxylic acids is 5. The second-order valence-electron chi connectivity index (χ2n) is 17.1. The first-order valence-corrected chi connectivity index (χ1v) is 22.4. The minimum atomic E-state index is -1.58. The molecule has 0 bridgehead atoms. The zero-order valence-corrected chi connectivity index (χ0v) is 38.5. The summed E-state index contributed by atoms with van der Waals surface area (Å²) in [5.41, 5.74) is 6.64. The summed E-state index contributed by atoms with van der Waals surface area (Å²) in [6, 6.07) is 12.0. The number of hydrogen-bond donors (Lipinski definition) is 13. The number of fused-ring (bicyclic) bond motifs is 1. The van der Waals surface area contributed by atoms with Crippen molar-refractivity contribution in [3.8, 4) is 86.2 Å². The summed E-state index contributed by atoms with van der Waals surface area (Å²) in [5, 5.41) is 113. The topological polar surface area (TPSA) is 395 Å². The van der Waals surface area contributed by atoms with Crippen molar-refractivity contribution in [1.82, 2.24) is 10.9 Å². The van der Waals surface area contributed by atoms with E-state index < -0.39 is 156 Å². The van der Waals surface area contributed by atoms with Crippen LogP contribution in [0.4, 0.5) is 0 Å². The molecule has 1 saturated heterocycles. The molecule has 6 aromatic carbocycles. The number of aryl methyl sites for hydroxylation is 2. The number of aromatic carboxylic acids is 1. The monoisotopic (exact) mass is 1030 g/mol. The number of carbonyl (C=O) groups is 6. The van der Waals surface area contributed by atoms with Gasteiger partial charge in [0.15, 0.2) is 57.5 Å². The van der Waals surface area contributed by atoms with Gasteiger partial charge in [-0.05, 0) is 122 Å². The maximum Gasteiger partial charge on any atom is 0.343 e. The predicted octanol–water partition coefficient (Wildman–Crippen LogP) is 4.97. The van der Waals surface area contributed by atoms with Crippen LogP contribution in [0.2, 0.25) is 0 Å². The molecule has 0 saturated carbocycles. The number of carboxylic acids is 1. The Morgan fingerprint density at radius 2 is 0.840 bits per heavy atom. The Morgan fingerprint density at radius 1 is 0.467 bits per heavy atom. The molecule has 0 aromatic heterocycles. The van der Waals surface area contributed by atoms with E-state index in [4.69, 9.17) is 23.7 Å². The van der Waals surface area contributed by atoms with Crippen molar-refractivity contribution < 1.29 is 109 Å². The molecule has 13 N–H and O–H groups in total. The van der Waals surface area contributed by atoms with Crippen LogP contribution in [0, 0.1) is 0 Å². The van der Waals surface area contributed by atoms with Gasteiger partial charge in [-0.1, -0.05) is 18.2 Å². The highest BCUT2D eigenvalue weighted by atomic mass is 16.6. The number of phenols is 10. The molecule has 388 valence electrons. The number of esters is 5. The van der Waals surface area contributed by atoms with E-state index in [1.165, 1.54) is 16.7 Å². The third-order valence-corrected chi connectivity index (χ3v) is 12.0. The molecular weight excluding hydrogens is 993 g/mol. The standard InChI is InChI=1S/C51H42N2O22/c54-31-10-23(46(64)65)15-36(41(31)59)71-47(66)24-11-32(55)42(60)37(16-24)72-48(67)25-12-33(56)43(61)38(17-25)73-49(68)26-13-34(57)44(62)39(18-26)74-50(69)27-14-35(58)45(63)40(19-27)75-51(70)30-20-28(52-53-30)9-8-22-6-3-5-21-4-1-2-7-29(21)22/h3,5-6,10-19,28,30,52-63H,1-2,4,7-9,20H2,(H,64,65). The summed E-state index contributed by atoms with van der Waals surface area (Å²) in [4.78, 5) is 77.6. The van der Waals surface area contributed by atoms with E-state index in [-0.39, 0.29) is 6.04 Å². The molecule has 2 aliphatic rings. The number of nitrogens with one attached hydrogen (secondary N) is 2. The Kier molecular flexibility index (Phi) is 14.4. The summed E-state index contributed by atoms with van der Waals surface area (Å²) >= 11 is 0. The Morgan fingerprint density at radius 3 is 1.25 bits per heavy atom. The van der Waals surface area contributed by atoms with Gasteiger partial charge in [0.2, 0.25) is 28.7 Å². The third-order valence-electron chi connectivity index (χ3n) is 12.0. The van der Waals surface area contributed by atoms with Gasteiger partial charge in [0, 0.05) is 6.04 Å². The fourth-order valence-electron chi connectivity index (χ4n) is 8.15. The maximum atomic E-state index is 13.4. The van der Waals surface area contributed by atoms with E-state index in [1.807, 2.05) is 6.07 Å². The van der Waals surface area contributed by atoms with Crippen molar-refractivity contribution in [3.05, 3.63) is 123 Å². The van der Waals surface area contributed by atoms with Crippen LogP contribution in [0.3, 0.4) is 0 Å². The molecule has 1 aliphatic carbocycles.